The molecule has 3 rings (SSSR count). The third kappa shape index (κ3) is 3.42. The molecule has 1 aliphatic heterocycles. The Hall–Kier alpha value is -1.30. The van der Waals surface area contributed by atoms with Crippen LogP contribution < -0.4 is 0 Å². The lowest BCUT2D eigenvalue weighted by Gasteiger charge is -2.37. The van der Waals surface area contributed by atoms with Crippen LogP contribution in [0, 0.1) is 5.92 Å². The van der Waals surface area contributed by atoms with E-state index in [1.54, 1.807) is 0 Å². The number of hydrogen-bond donors (Lipinski definition) is 1. The smallest absolute Gasteiger partial charge is 0.323 e. The summed E-state index contributed by atoms with van der Waals surface area (Å²) in [5.74, 6) is -0.401. The topological polar surface area (TPSA) is 64.1 Å². The lowest BCUT2D eigenvalue weighted by Crippen LogP contribution is -2.54. The second-order valence-corrected chi connectivity index (χ2v) is 6.25. The highest BCUT2D eigenvalue weighted by atomic mass is 16.4. The molecule has 2 saturated carbocycles. The van der Waals surface area contributed by atoms with Crippen molar-refractivity contribution in [2.45, 2.75) is 31.7 Å². The largest absolute Gasteiger partial charge is 0.480 e. The van der Waals surface area contributed by atoms with Crippen LogP contribution in [0.1, 0.15) is 25.7 Å². The highest BCUT2D eigenvalue weighted by Gasteiger charge is 2.35. The molecule has 2 amide bonds. The first-order valence-corrected chi connectivity index (χ1v) is 7.63. The van der Waals surface area contributed by atoms with Gasteiger partial charge in [0, 0.05) is 38.8 Å². The highest BCUT2D eigenvalue weighted by Crippen LogP contribution is 2.30. The van der Waals surface area contributed by atoms with Gasteiger partial charge in [0.05, 0.1) is 0 Å². The number of hydrogen-bond acceptors (Lipinski definition) is 3. The van der Waals surface area contributed by atoms with E-state index in [1.807, 2.05) is 4.90 Å². The minimum atomic E-state index is -0.921. The molecule has 3 fully saturated rings. The molecular formula is C14H23N3O3. The van der Waals surface area contributed by atoms with Crippen molar-refractivity contribution in [3.05, 3.63) is 0 Å². The second kappa shape index (κ2) is 5.60. The minimum absolute atomic E-state index is 0.0882. The van der Waals surface area contributed by atoms with Crippen LogP contribution in [-0.4, -0.2) is 77.1 Å². The molecule has 6 heteroatoms. The van der Waals surface area contributed by atoms with Crippen molar-refractivity contribution in [3.8, 4) is 0 Å². The molecule has 1 heterocycles. The molecule has 0 spiro atoms. The zero-order valence-corrected chi connectivity index (χ0v) is 11.8. The lowest BCUT2D eigenvalue weighted by molar-refractivity contribution is -0.137. The molecule has 0 aromatic heterocycles. The van der Waals surface area contributed by atoms with Crippen molar-refractivity contribution in [1.29, 1.82) is 0 Å². The van der Waals surface area contributed by atoms with Gasteiger partial charge in [-0.3, -0.25) is 9.69 Å². The van der Waals surface area contributed by atoms with Gasteiger partial charge in [0.1, 0.15) is 6.54 Å². The molecule has 20 heavy (non-hydrogen) atoms. The fraction of sp³-hybridized carbons (Fsp3) is 0.857. The molecule has 0 aromatic rings. The molecule has 1 saturated heterocycles. The number of aliphatic carboxylic acids is 1. The SMILES string of the molecule is O=C(O)CN(CC1CC1)C(=O)N1CCN(C2CC2)CC1. The summed E-state index contributed by atoms with van der Waals surface area (Å²) < 4.78 is 0. The predicted octanol–water partition coefficient (Wildman–Crippen LogP) is 0.683. The number of nitrogens with zero attached hydrogens (tertiary/aromatic N) is 3. The monoisotopic (exact) mass is 281 g/mol. The summed E-state index contributed by atoms with van der Waals surface area (Å²) in [5, 5.41) is 8.97. The summed E-state index contributed by atoms with van der Waals surface area (Å²) >= 11 is 0. The Morgan fingerprint density at radius 3 is 2.20 bits per heavy atom. The summed E-state index contributed by atoms with van der Waals surface area (Å²) in [6, 6.07) is 0.656. The van der Waals surface area contributed by atoms with Gasteiger partial charge in [0.25, 0.3) is 0 Å². The molecular weight excluding hydrogens is 258 g/mol. The standard InChI is InChI=1S/C14H23N3O3/c18-13(19)10-17(9-11-1-2-11)14(20)16-7-5-15(6-8-16)12-3-4-12/h11-12H,1-10H2,(H,18,19). The van der Waals surface area contributed by atoms with Crippen LogP contribution >= 0.6 is 0 Å². The normalized spacial score (nSPS) is 23.7. The van der Waals surface area contributed by atoms with Crippen LogP contribution in [-0.2, 0) is 4.79 Å². The van der Waals surface area contributed by atoms with Gasteiger partial charge in [-0.05, 0) is 31.6 Å². The van der Waals surface area contributed by atoms with Gasteiger partial charge >= 0.3 is 12.0 Å². The van der Waals surface area contributed by atoms with Crippen LogP contribution in [0.5, 0.6) is 0 Å². The van der Waals surface area contributed by atoms with Crippen LogP contribution in [0.3, 0.4) is 0 Å². The number of rotatable bonds is 5. The summed E-state index contributed by atoms with van der Waals surface area (Å²) in [5.41, 5.74) is 0. The first-order chi connectivity index (χ1) is 9.63. The summed E-state index contributed by atoms with van der Waals surface area (Å²) in [6.07, 6.45) is 4.83. The van der Waals surface area contributed by atoms with E-state index in [0.717, 1.165) is 45.1 Å². The Bertz CT molecular complexity index is 385. The van der Waals surface area contributed by atoms with Gasteiger partial charge in [-0.25, -0.2) is 4.79 Å². The number of carbonyl (C=O) groups is 2. The van der Waals surface area contributed by atoms with Crippen molar-refractivity contribution in [2.24, 2.45) is 5.92 Å². The second-order valence-electron chi connectivity index (χ2n) is 6.25. The first-order valence-electron chi connectivity index (χ1n) is 7.63. The molecule has 0 unspecified atom stereocenters. The number of carbonyl (C=O) groups excluding carboxylic acids is 1. The number of amides is 2. The van der Waals surface area contributed by atoms with Gasteiger partial charge in [0.2, 0.25) is 0 Å². The van der Waals surface area contributed by atoms with Crippen molar-refractivity contribution in [2.75, 3.05) is 39.3 Å². The van der Waals surface area contributed by atoms with Crippen LogP contribution in [0.4, 0.5) is 4.79 Å². The Balaban J connectivity index is 1.53. The zero-order valence-electron chi connectivity index (χ0n) is 11.8. The maximum Gasteiger partial charge on any atom is 0.323 e. The van der Waals surface area contributed by atoms with E-state index in [9.17, 15) is 9.59 Å². The minimum Gasteiger partial charge on any atom is -0.480 e. The van der Waals surface area contributed by atoms with E-state index in [-0.39, 0.29) is 12.6 Å². The third-order valence-electron chi connectivity index (χ3n) is 4.42. The van der Waals surface area contributed by atoms with E-state index in [1.165, 1.54) is 17.7 Å². The van der Waals surface area contributed by atoms with Crippen molar-refractivity contribution in [3.63, 3.8) is 0 Å². The molecule has 0 radical (unpaired) electrons. The number of piperazine rings is 1. The number of carboxylic acid groups (broad SMARTS) is 1. The molecule has 6 nitrogen and oxygen atoms in total. The number of urea groups is 1. The average Bonchev–Trinajstić information content (AvgIpc) is 3.29. The lowest BCUT2D eigenvalue weighted by atomic mass is 10.3. The summed E-state index contributed by atoms with van der Waals surface area (Å²) in [6.45, 7) is 3.76. The third-order valence-corrected chi connectivity index (χ3v) is 4.42. The summed E-state index contributed by atoms with van der Waals surface area (Å²) in [7, 11) is 0. The van der Waals surface area contributed by atoms with Gasteiger partial charge in [-0.2, -0.15) is 0 Å². The highest BCUT2D eigenvalue weighted by molar-refractivity contribution is 5.80. The van der Waals surface area contributed by atoms with Crippen molar-refractivity contribution >= 4 is 12.0 Å². The fourth-order valence-electron chi connectivity index (χ4n) is 2.90. The predicted molar refractivity (Wildman–Crippen MR) is 73.5 cm³/mol. The van der Waals surface area contributed by atoms with Crippen LogP contribution in [0.15, 0.2) is 0 Å². The molecule has 0 bridgehead atoms. The van der Waals surface area contributed by atoms with Gasteiger partial charge in [0.15, 0.2) is 0 Å². The Morgan fingerprint density at radius 2 is 1.70 bits per heavy atom. The molecule has 112 valence electrons. The molecule has 0 aromatic carbocycles. The molecule has 3 aliphatic rings. The van der Waals surface area contributed by atoms with Gasteiger partial charge in [-0.15, -0.1) is 0 Å². The van der Waals surface area contributed by atoms with E-state index < -0.39 is 5.97 Å². The van der Waals surface area contributed by atoms with E-state index in [4.69, 9.17) is 5.11 Å². The Labute approximate surface area is 119 Å². The Morgan fingerprint density at radius 1 is 1.05 bits per heavy atom. The molecule has 1 N–H and O–H groups in total. The summed E-state index contributed by atoms with van der Waals surface area (Å²) in [4.78, 5) is 29.2. The van der Waals surface area contributed by atoms with Gasteiger partial charge < -0.3 is 14.9 Å². The number of carboxylic acids is 1. The van der Waals surface area contributed by atoms with Crippen LogP contribution in [0.25, 0.3) is 0 Å². The quantitative estimate of drug-likeness (QED) is 0.805. The van der Waals surface area contributed by atoms with Crippen molar-refractivity contribution in [1.82, 2.24) is 14.7 Å². The zero-order chi connectivity index (χ0) is 14.1. The van der Waals surface area contributed by atoms with E-state index in [0.29, 0.717) is 12.5 Å². The van der Waals surface area contributed by atoms with Crippen molar-refractivity contribution < 1.29 is 14.7 Å². The average molecular weight is 281 g/mol. The molecule has 2 aliphatic carbocycles. The molecule has 0 atom stereocenters. The maximum atomic E-state index is 12.5. The van der Waals surface area contributed by atoms with E-state index >= 15 is 0 Å². The maximum absolute atomic E-state index is 12.5. The first kappa shape index (κ1) is 13.7. The van der Waals surface area contributed by atoms with E-state index in [2.05, 4.69) is 4.90 Å². The van der Waals surface area contributed by atoms with Crippen LogP contribution in [0.2, 0.25) is 0 Å². The Kier molecular flexibility index (Phi) is 3.83. The van der Waals surface area contributed by atoms with Gasteiger partial charge in [-0.1, -0.05) is 0 Å². The fourth-order valence-corrected chi connectivity index (χ4v) is 2.90.